The van der Waals surface area contributed by atoms with Crippen LogP contribution in [0.1, 0.15) is 34.6 Å². The Morgan fingerprint density at radius 2 is 1.88 bits per heavy atom. The summed E-state index contributed by atoms with van der Waals surface area (Å²) in [7, 11) is 0. The molecule has 0 unspecified atom stereocenters. The maximum absolute atomic E-state index is 11.8. The number of carbonyl (C=O) groups excluding carboxylic acids is 1. The van der Waals surface area contributed by atoms with Gasteiger partial charge in [-0.1, -0.05) is 34.6 Å². The van der Waals surface area contributed by atoms with Crippen LogP contribution >= 0.6 is 0 Å². The molecule has 4 heteroatoms. The topological polar surface area (TPSA) is 61.6 Å². The van der Waals surface area contributed by atoms with Crippen molar-refractivity contribution in [1.29, 1.82) is 0 Å². The van der Waals surface area contributed by atoms with Gasteiger partial charge in [0.1, 0.15) is 6.04 Å². The summed E-state index contributed by atoms with van der Waals surface area (Å²) in [5.74, 6) is -0.237. The number of ether oxygens (including phenoxy) is 2. The van der Waals surface area contributed by atoms with Crippen LogP contribution < -0.4 is 5.73 Å². The van der Waals surface area contributed by atoms with Crippen LogP contribution in [-0.4, -0.2) is 30.8 Å². The summed E-state index contributed by atoms with van der Waals surface area (Å²) < 4.78 is 10.8. The quantitative estimate of drug-likeness (QED) is 0.742. The highest BCUT2D eigenvalue weighted by Crippen LogP contribution is 2.40. The van der Waals surface area contributed by atoms with E-state index in [2.05, 4.69) is 0 Å². The first-order chi connectivity index (χ1) is 7.19. The average Bonchev–Trinajstić information content (AvgIpc) is 2.07. The SMILES string of the molecule is CC(C)[C@H](N)C(=O)OC1(C(C)(C)C)COC1. The van der Waals surface area contributed by atoms with Crippen LogP contribution in [0.25, 0.3) is 0 Å². The molecular weight excluding hydrogens is 206 g/mol. The highest BCUT2D eigenvalue weighted by Gasteiger charge is 2.52. The average molecular weight is 229 g/mol. The van der Waals surface area contributed by atoms with Gasteiger partial charge in [0.15, 0.2) is 5.60 Å². The van der Waals surface area contributed by atoms with E-state index in [9.17, 15) is 4.79 Å². The van der Waals surface area contributed by atoms with Crippen LogP contribution in [0.3, 0.4) is 0 Å². The molecule has 0 aromatic heterocycles. The second-order valence-electron chi connectivity index (χ2n) is 5.93. The molecule has 1 aliphatic rings. The summed E-state index contributed by atoms with van der Waals surface area (Å²) >= 11 is 0. The molecule has 1 aliphatic heterocycles. The second kappa shape index (κ2) is 4.34. The first kappa shape index (κ1) is 13.5. The Labute approximate surface area is 97.5 Å². The lowest BCUT2D eigenvalue weighted by Gasteiger charge is -2.49. The van der Waals surface area contributed by atoms with E-state index in [-0.39, 0.29) is 17.3 Å². The molecule has 94 valence electrons. The molecule has 4 nitrogen and oxygen atoms in total. The van der Waals surface area contributed by atoms with Crippen molar-refractivity contribution in [3.63, 3.8) is 0 Å². The highest BCUT2D eigenvalue weighted by atomic mass is 16.6. The van der Waals surface area contributed by atoms with E-state index in [0.717, 1.165) is 0 Å². The van der Waals surface area contributed by atoms with Crippen molar-refractivity contribution in [1.82, 2.24) is 0 Å². The van der Waals surface area contributed by atoms with Gasteiger partial charge in [0.25, 0.3) is 0 Å². The monoisotopic (exact) mass is 229 g/mol. The Bertz CT molecular complexity index is 264. The molecule has 0 radical (unpaired) electrons. The summed E-state index contributed by atoms with van der Waals surface area (Å²) in [6, 6.07) is -0.556. The molecule has 2 N–H and O–H groups in total. The molecule has 0 bridgehead atoms. The van der Waals surface area contributed by atoms with E-state index >= 15 is 0 Å². The van der Waals surface area contributed by atoms with Gasteiger partial charge in [-0.15, -0.1) is 0 Å². The third kappa shape index (κ3) is 2.38. The van der Waals surface area contributed by atoms with E-state index < -0.39 is 11.6 Å². The summed E-state index contributed by atoms with van der Waals surface area (Å²) in [6.07, 6.45) is 0. The number of esters is 1. The van der Waals surface area contributed by atoms with Gasteiger partial charge in [-0.25, -0.2) is 0 Å². The normalized spacial score (nSPS) is 21.4. The third-order valence-electron chi connectivity index (χ3n) is 3.32. The van der Waals surface area contributed by atoms with Crippen LogP contribution in [0, 0.1) is 11.3 Å². The van der Waals surface area contributed by atoms with Crippen LogP contribution in [0.2, 0.25) is 0 Å². The van der Waals surface area contributed by atoms with Crippen molar-refractivity contribution in [2.24, 2.45) is 17.1 Å². The minimum atomic E-state index is -0.556. The molecular formula is C12H23NO3. The molecule has 0 aliphatic carbocycles. The van der Waals surface area contributed by atoms with Crippen molar-refractivity contribution in [2.45, 2.75) is 46.3 Å². The number of nitrogens with two attached hydrogens (primary N) is 1. The van der Waals surface area contributed by atoms with Crippen molar-refractivity contribution >= 4 is 5.97 Å². The number of rotatable bonds is 3. The molecule has 1 atom stereocenters. The maximum Gasteiger partial charge on any atom is 0.323 e. The number of carbonyl (C=O) groups is 1. The Hall–Kier alpha value is -0.610. The smallest absolute Gasteiger partial charge is 0.323 e. The molecule has 0 aromatic rings. The van der Waals surface area contributed by atoms with Crippen molar-refractivity contribution < 1.29 is 14.3 Å². The van der Waals surface area contributed by atoms with E-state index in [1.807, 2.05) is 34.6 Å². The van der Waals surface area contributed by atoms with Gasteiger partial charge in [0.2, 0.25) is 0 Å². The molecule has 1 rings (SSSR count). The van der Waals surface area contributed by atoms with E-state index in [1.165, 1.54) is 0 Å². The van der Waals surface area contributed by atoms with Gasteiger partial charge in [0, 0.05) is 5.41 Å². The highest BCUT2D eigenvalue weighted by molar-refractivity contribution is 5.76. The van der Waals surface area contributed by atoms with E-state index in [4.69, 9.17) is 15.2 Å². The fourth-order valence-electron chi connectivity index (χ4n) is 1.47. The van der Waals surface area contributed by atoms with Crippen molar-refractivity contribution in [3.8, 4) is 0 Å². The molecule has 0 spiro atoms. The van der Waals surface area contributed by atoms with Gasteiger partial charge >= 0.3 is 5.97 Å². The molecule has 0 amide bonds. The van der Waals surface area contributed by atoms with E-state index in [1.54, 1.807) is 0 Å². The first-order valence-corrected chi connectivity index (χ1v) is 5.76. The fourth-order valence-corrected chi connectivity index (χ4v) is 1.47. The van der Waals surface area contributed by atoms with Gasteiger partial charge in [-0.3, -0.25) is 4.79 Å². The Morgan fingerprint density at radius 3 is 2.12 bits per heavy atom. The Kier molecular flexibility index (Phi) is 3.65. The molecule has 0 aromatic carbocycles. The van der Waals surface area contributed by atoms with Crippen LogP contribution in [0.4, 0.5) is 0 Å². The lowest BCUT2D eigenvalue weighted by Crippen LogP contribution is -2.62. The minimum Gasteiger partial charge on any atom is -0.452 e. The predicted octanol–water partition coefficient (Wildman–Crippen LogP) is 1.33. The lowest BCUT2D eigenvalue weighted by atomic mass is 9.75. The zero-order chi connectivity index (χ0) is 12.6. The van der Waals surface area contributed by atoms with Gasteiger partial charge in [0.05, 0.1) is 13.2 Å². The summed E-state index contributed by atoms with van der Waals surface area (Å²) in [5.41, 5.74) is 5.14. The maximum atomic E-state index is 11.8. The molecule has 1 saturated heterocycles. The lowest BCUT2D eigenvalue weighted by molar-refractivity contribution is -0.249. The minimum absolute atomic E-state index is 0.0884. The summed E-state index contributed by atoms with van der Waals surface area (Å²) in [5, 5.41) is 0. The Balaban J connectivity index is 2.68. The largest absolute Gasteiger partial charge is 0.452 e. The zero-order valence-corrected chi connectivity index (χ0v) is 10.9. The first-order valence-electron chi connectivity index (χ1n) is 5.76. The summed E-state index contributed by atoms with van der Waals surface area (Å²) in [4.78, 5) is 11.8. The number of hydrogen-bond acceptors (Lipinski definition) is 4. The van der Waals surface area contributed by atoms with Crippen LogP contribution in [-0.2, 0) is 14.3 Å². The molecule has 1 heterocycles. The standard InChI is InChI=1S/C12H23NO3/c1-8(2)9(13)10(14)16-12(6-15-7-12)11(3,4)5/h8-9H,6-7,13H2,1-5H3/t9-/m0/s1. The van der Waals surface area contributed by atoms with Crippen LogP contribution in [0.15, 0.2) is 0 Å². The van der Waals surface area contributed by atoms with Gasteiger partial charge in [-0.2, -0.15) is 0 Å². The second-order valence-corrected chi connectivity index (χ2v) is 5.93. The molecule has 16 heavy (non-hydrogen) atoms. The Morgan fingerprint density at radius 1 is 1.38 bits per heavy atom. The van der Waals surface area contributed by atoms with Gasteiger partial charge in [-0.05, 0) is 5.92 Å². The van der Waals surface area contributed by atoms with Crippen LogP contribution in [0.5, 0.6) is 0 Å². The van der Waals surface area contributed by atoms with Gasteiger partial charge < -0.3 is 15.2 Å². The van der Waals surface area contributed by atoms with E-state index in [0.29, 0.717) is 13.2 Å². The molecule has 1 fully saturated rings. The zero-order valence-electron chi connectivity index (χ0n) is 10.9. The fraction of sp³-hybridized carbons (Fsp3) is 0.917. The van der Waals surface area contributed by atoms with Crippen molar-refractivity contribution in [3.05, 3.63) is 0 Å². The van der Waals surface area contributed by atoms with Crippen molar-refractivity contribution in [2.75, 3.05) is 13.2 Å². The predicted molar refractivity (Wildman–Crippen MR) is 61.9 cm³/mol. The summed E-state index contributed by atoms with van der Waals surface area (Å²) in [6.45, 7) is 10.9. The number of hydrogen-bond donors (Lipinski definition) is 1. The molecule has 0 saturated carbocycles. The third-order valence-corrected chi connectivity index (χ3v) is 3.32.